The molecule has 0 bridgehead atoms. The van der Waals surface area contributed by atoms with Crippen LogP contribution in [0.15, 0.2) is 121 Å². The molecule has 0 amide bonds. The molecule has 0 aromatic heterocycles. The lowest BCUT2D eigenvalue weighted by Crippen LogP contribution is -2.41. The standard InChI is InChI=1S/C47H50/c1-30(2)32-20-23-38-33(27-32)26-31(3)43(38)47(34-16-12-10-13-17-34,35-18-14-11-15-19-35)44-41-28-36(45(4,5)6)21-24-39(41)40-25-22-37(29-42(40)44)46(7,8)9/h10-30,43-44H,1-9H3. The van der Waals surface area contributed by atoms with Crippen molar-refractivity contribution in [1.29, 1.82) is 0 Å². The van der Waals surface area contributed by atoms with Gasteiger partial charge in [-0.25, -0.2) is 0 Å². The van der Waals surface area contributed by atoms with Crippen LogP contribution in [0.4, 0.5) is 0 Å². The lowest BCUT2D eigenvalue weighted by Gasteiger charge is -2.47. The van der Waals surface area contributed by atoms with Crippen molar-refractivity contribution >= 4 is 6.08 Å². The molecule has 7 rings (SSSR count). The van der Waals surface area contributed by atoms with Crippen molar-refractivity contribution in [2.75, 3.05) is 0 Å². The van der Waals surface area contributed by atoms with E-state index in [1.807, 2.05) is 0 Å². The Hall–Kier alpha value is -4.16. The number of allylic oxidation sites excluding steroid dienone is 1. The van der Waals surface area contributed by atoms with Crippen LogP contribution in [0.1, 0.15) is 130 Å². The maximum Gasteiger partial charge on any atom is 0.0418 e. The lowest BCUT2D eigenvalue weighted by molar-refractivity contribution is 0.404. The quantitative estimate of drug-likeness (QED) is 0.185. The summed E-state index contributed by atoms with van der Waals surface area (Å²) in [5, 5.41) is 0. The molecule has 238 valence electrons. The van der Waals surface area contributed by atoms with Gasteiger partial charge in [0.15, 0.2) is 0 Å². The van der Waals surface area contributed by atoms with Gasteiger partial charge in [0.1, 0.15) is 0 Å². The summed E-state index contributed by atoms with van der Waals surface area (Å²) in [6.07, 6.45) is 2.49. The predicted molar refractivity (Wildman–Crippen MR) is 202 cm³/mol. The molecule has 0 nitrogen and oxygen atoms in total. The highest BCUT2D eigenvalue weighted by Gasteiger charge is 2.55. The molecule has 0 spiro atoms. The SMILES string of the molecule is CC1=Cc2cc(C(C)C)ccc2C1C(c1ccccc1)(c1ccccc1)C1c2cc(C(C)(C)C)ccc2-c2ccc(C(C)(C)C)cc21. The van der Waals surface area contributed by atoms with Gasteiger partial charge in [0, 0.05) is 17.3 Å². The molecule has 0 saturated carbocycles. The van der Waals surface area contributed by atoms with Crippen LogP contribution < -0.4 is 0 Å². The number of rotatable bonds is 5. The summed E-state index contributed by atoms with van der Waals surface area (Å²) in [7, 11) is 0. The van der Waals surface area contributed by atoms with Crippen LogP contribution >= 0.6 is 0 Å². The summed E-state index contributed by atoms with van der Waals surface area (Å²) in [5.74, 6) is 0.746. The molecule has 0 radical (unpaired) electrons. The van der Waals surface area contributed by atoms with Gasteiger partial charge in [0.05, 0.1) is 0 Å². The molecule has 1 unspecified atom stereocenters. The summed E-state index contributed by atoms with van der Waals surface area (Å²) >= 11 is 0. The molecular formula is C47H50. The zero-order chi connectivity index (χ0) is 33.3. The second kappa shape index (κ2) is 11.2. The average Bonchev–Trinajstić information content (AvgIpc) is 3.55. The van der Waals surface area contributed by atoms with Crippen LogP contribution in [0.3, 0.4) is 0 Å². The molecule has 0 saturated heterocycles. The summed E-state index contributed by atoms with van der Waals surface area (Å²) < 4.78 is 0. The van der Waals surface area contributed by atoms with Gasteiger partial charge in [0.25, 0.3) is 0 Å². The van der Waals surface area contributed by atoms with Crippen molar-refractivity contribution in [1.82, 2.24) is 0 Å². The Balaban J connectivity index is 1.65. The van der Waals surface area contributed by atoms with E-state index in [4.69, 9.17) is 0 Å². The molecule has 0 aliphatic heterocycles. The van der Waals surface area contributed by atoms with E-state index in [0.717, 1.165) is 0 Å². The van der Waals surface area contributed by atoms with Gasteiger partial charge in [-0.2, -0.15) is 0 Å². The normalized spacial score (nSPS) is 16.2. The van der Waals surface area contributed by atoms with Crippen molar-refractivity contribution in [2.24, 2.45) is 0 Å². The molecule has 2 aliphatic carbocycles. The Morgan fingerprint density at radius 1 is 0.489 bits per heavy atom. The van der Waals surface area contributed by atoms with Crippen molar-refractivity contribution in [3.05, 3.63) is 171 Å². The van der Waals surface area contributed by atoms with E-state index >= 15 is 0 Å². The first-order valence-electron chi connectivity index (χ1n) is 17.5. The van der Waals surface area contributed by atoms with Gasteiger partial charge in [-0.05, 0) is 84.9 Å². The average molecular weight is 615 g/mol. The number of hydrogen-bond donors (Lipinski definition) is 0. The second-order valence-corrected chi connectivity index (χ2v) is 16.5. The van der Waals surface area contributed by atoms with Gasteiger partial charge in [0.2, 0.25) is 0 Å². The van der Waals surface area contributed by atoms with Gasteiger partial charge in [-0.3, -0.25) is 0 Å². The third-order valence-electron chi connectivity index (χ3n) is 11.1. The largest absolute Gasteiger partial charge is 0.0639 e. The molecular weight excluding hydrogens is 565 g/mol. The molecule has 1 atom stereocenters. The third kappa shape index (κ3) is 5.04. The maximum absolute atomic E-state index is 2.56. The van der Waals surface area contributed by atoms with E-state index in [9.17, 15) is 0 Å². The fraction of sp³-hybridized carbons (Fsp3) is 0.319. The minimum absolute atomic E-state index is 0.0378. The summed E-state index contributed by atoms with van der Waals surface area (Å²) in [6.45, 7) is 21.1. The summed E-state index contributed by atoms with van der Waals surface area (Å²) in [6, 6.07) is 45.0. The molecule has 2 aliphatic rings. The number of hydrogen-bond acceptors (Lipinski definition) is 0. The Morgan fingerprint density at radius 2 is 0.979 bits per heavy atom. The first-order valence-corrected chi connectivity index (χ1v) is 17.5. The molecule has 0 heteroatoms. The van der Waals surface area contributed by atoms with E-state index in [1.165, 1.54) is 66.8 Å². The van der Waals surface area contributed by atoms with E-state index in [2.05, 4.69) is 184 Å². The fourth-order valence-electron chi connectivity index (χ4n) is 8.63. The van der Waals surface area contributed by atoms with E-state index < -0.39 is 5.41 Å². The Bertz CT molecular complexity index is 1870. The molecule has 0 N–H and O–H groups in total. The van der Waals surface area contributed by atoms with E-state index in [-0.39, 0.29) is 22.7 Å². The van der Waals surface area contributed by atoms with Crippen LogP contribution in [0.2, 0.25) is 0 Å². The fourth-order valence-corrected chi connectivity index (χ4v) is 8.63. The van der Waals surface area contributed by atoms with Crippen molar-refractivity contribution in [3.8, 4) is 11.1 Å². The topological polar surface area (TPSA) is 0 Å². The smallest absolute Gasteiger partial charge is 0.0418 e. The monoisotopic (exact) mass is 614 g/mol. The van der Waals surface area contributed by atoms with Crippen LogP contribution in [0, 0.1) is 0 Å². The lowest BCUT2D eigenvalue weighted by atomic mass is 9.54. The summed E-state index contributed by atoms with van der Waals surface area (Å²) in [5.41, 5.74) is 16.5. The summed E-state index contributed by atoms with van der Waals surface area (Å²) in [4.78, 5) is 0. The molecule has 5 aromatic rings. The number of fused-ring (bicyclic) bond motifs is 4. The Kier molecular flexibility index (Phi) is 7.51. The van der Waals surface area contributed by atoms with Gasteiger partial charge in [-0.15, -0.1) is 0 Å². The third-order valence-corrected chi connectivity index (χ3v) is 11.1. The Labute approximate surface area is 283 Å². The Morgan fingerprint density at radius 3 is 1.43 bits per heavy atom. The van der Waals surface area contributed by atoms with Gasteiger partial charge < -0.3 is 0 Å². The van der Waals surface area contributed by atoms with E-state index in [0.29, 0.717) is 5.92 Å². The predicted octanol–water partition coefficient (Wildman–Crippen LogP) is 12.7. The zero-order valence-corrected chi connectivity index (χ0v) is 29.8. The van der Waals surface area contributed by atoms with Gasteiger partial charge >= 0.3 is 0 Å². The van der Waals surface area contributed by atoms with E-state index in [1.54, 1.807) is 0 Å². The van der Waals surface area contributed by atoms with Gasteiger partial charge in [-0.1, -0.05) is 182 Å². The highest BCUT2D eigenvalue weighted by atomic mass is 14.6. The van der Waals surface area contributed by atoms with Crippen LogP contribution in [0.25, 0.3) is 17.2 Å². The molecule has 0 fully saturated rings. The highest BCUT2D eigenvalue weighted by molar-refractivity contribution is 5.83. The van der Waals surface area contributed by atoms with Crippen molar-refractivity contribution < 1.29 is 0 Å². The van der Waals surface area contributed by atoms with Crippen LogP contribution in [-0.4, -0.2) is 0 Å². The highest BCUT2D eigenvalue weighted by Crippen LogP contribution is 2.64. The first kappa shape index (κ1) is 31.4. The molecule has 0 heterocycles. The molecule has 5 aromatic carbocycles. The van der Waals surface area contributed by atoms with Crippen LogP contribution in [0.5, 0.6) is 0 Å². The molecule has 47 heavy (non-hydrogen) atoms. The maximum atomic E-state index is 2.56. The second-order valence-electron chi connectivity index (χ2n) is 16.5. The minimum Gasteiger partial charge on any atom is -0.0639 e. The van der Waals surface area contributed by atoms with Crippen LogP contribution in [-0.2, 0) is 16.2 Å². The van der Waals surface area contributed by atoms with Crippen molar-refractivity contribution in [2.45, 2.75) is 96.3 Å². The first-order chi connectivity index (χ1) is 22.3. The number of benzene rings is 5. The minimum atomic E-state index is -0.402. The zero-order valence-electron chi connectivity index (χ0n) is 29.8. The van der Waals surface area contributed by atoms with Crippen molar-refractivity contribution in [3.63, 3.8) is 0 Å².